The first-order valence-electron chi connectivity index (χ1n) is 12.8. The third-order valence-electron chi connectivity index (χ3n) is 7.79. The second-order valence-corrected chi connectivity index (χ2v) is 10.5. The van der Waals surface area contributed by atoms with E-state index in [1.807, 2.05) is 23.1 Å². The number of imidazole rings is 1. The number of hydrogen-bond donors (Lipinski definition) is 2. The van der Waals surface area contributed by atoms with E-state index in [9.17, 15) is 13.6 Å². The van der Waals surface area contributed by atoms with Crippen molar-refractivity contribution in [2.75, 3.05) is 25.0 Å². The van der Waals surface area contributed by atoms with Gasteiger partial charge in [0.15, 0.2) is 17.5 Å². The number of carbonyl (C=O) groups excluding carboxylic acids is 1. The second kappa shape index (κ2) is 8.03. The fourth-order valence-electron chi connectivity index (χ4n) is 5.82. The van der Waals surface area contributed by atoms with E-state index < -0.39 is 11.6 Å². The van der Waals surface area contributed by atoms with E-state index in [0.717, 1.165) is 60.5 Å². The molecule has 0 radical (unpaired) electrons. The number of nitrogens with two attached hydrogens (primary N) is 1. The standard InChI is InChI=1S/C27H28F2N6O/c28-19-8-16-11-24(35(13-15-3-4-15)23(16)12-20(19)29)26-32-22-10-17(9-21-25(22)34(26)7-5-31-21)27(36)33-6-1-2-18(30)14-33/h8-12,15,18,31H,1-7,13-14,30H2. The van der Waals surface area contributed by atoms with Crippen LogP contribution in [0.25, 0.3) is 33.5 Å². The molecule has 4 heterocycles. The summed E-state index contributed by atoms with van der Waals surface area (Å²) in [6.07, 6.45) is 4.12. The van der Waals surface area contributed by atoms with Crippen LogP contribution in [-0.4, -0.2) is 50.6 Å². The Bertz CT molecular complexity index is 1530. The molecule has 9 heteroatoms. The number of benzene rings is 2. The molecule has 1 amide bonds. The Morgan fingerprint density at radius 3 is 2.72 bits per heavy atom. The summed E-state index contributed by atoms with van der Waals surface area (Å²) in [4.78, 5) is 20.2. The zero-order valence-corrected chi connectivity index (χ0v) is 19.9. The molecular formula is C27H28F2N6O. The highest BCUT2D eigenvalue weighted by molar-refractivity contribution is 6.03. The van der Waals surface area contributed by atoms with E-state index in [1.165, 1.54) is 12.1 Å². The van der Waals surface area contributed by atoms with Gasteiger partial charge in [-0.1, -0.05) is 0 Å². The lowest BCUT2D eigenvalue weighted by molar-refractivity contribution is 0.0709. The van der Waals surface area contributed by atoms with Crippen LogP contribution in [0.3, 0.4) is 0 Å². The number of nitrogens with one attached hydrogen (secondary N) is 1. The molecule has 2 aromatic carbocycles. The van der Waals surface area contributed by atoms with E-state index in [0.29, 0.717) is 48.6 Å². The summed E-state index contributed by atoms with van der Waals surface area (Å²) in [6.45, 7) is 3.43. The summed E-state index contributed by atoms with van der Waals surface area (Å²) in [6, 6.07) is 8.26. The van der Waals surface area contributed by atoms with Crippen molar-refractivity contribution in [2.45, 2.75) is 44.8 Å². The number of fused-ring (bicyclic) bond motifs is 1. The van der Waals surface area contributed by atoms with Crippen LogP contribution in [0.5, 0.6) is 0 Å². The number of hydrogen-bond acceptors (Lipinski definition) is 4. The summed E-state index contributed by atoms with van der Waals surface area (Å²) in [5.41, 5.74) is 10.8. The average Bonchev–Trinajstić information content (AvgIpc) is 3.53. The first-order chi connectivity index (χ1) is 17.5. The SMILES string of the molecule is NC1CCCN(C(=O)c2cc3c4c(c2)nc(-c2cc5cc(F)c(F)cc5n2CC2CC2)n4CCN3)C1. The highest BCUT2D eigenvalue weighted by Gasteiger charge is 2.29. The molecule has 36 heavy (non-hydrogen) atoms. The van der Waals surface area contributed by atoms with Crippen molar-refractivity contribution < 1.29 is 13.6 Å². The number of rotatable bonds is 4. The molecule has 186 valence electrons. The first kappa shape index (κ1) is 21.8. The van der Waals surface area contributed by atoms with Crippen LogP contribution in [0, 0.1) is 17.6 Å². The van der Waals surface area contributed by atoms with Crippen LogP contribution in [0.1, 0.15) is 36.0 Å². The lowest BCUT2D eigenvalue weighted by atomic mass is 10.0. The lowest BCUT2D eigenvalue weighted by Gasteiger charge is -2.31. The van der Waals surface area contributed by atoms with Gasteiger partial charge < -0.3 is 25.1 Å². The second-order valence-electron chi connectivity index (χ2n) is 10.5. The molecule has 3 aliphatic rings. The van der Waals surface area contributed by atoms with Crippen LogP contribution in [0.2, 0.25) is 0 Å². The quantitative estimate of drug-likeness (QED) is 0.446. The third-order valence-corrected chi connectivity index (χ3v) is 7.79. The molecule has 2 aliphatic heterocycles. The Labute approximate surface area is 206 Å². The summed E-state index contributed by atoms with van der Waals surface area (Å²) >= 11 is 0. The van der Waals surface area contributed by atoms with Crippen molar-refractivity contribution in [3.8, 4) is 11.5 Å². The van der Waals surface area contributed by atoms with Gasteiger partial charge in [-0.3, -0.25) is 4.79 Å². The summed E-state index contributed by atoms with van der Waals surface area (Å²) in [7, 11) is 0. The number of likely N-dealkylation sites (tertiary alicyclic amines) is 1. The number of anilines is 1. The zero-order valence-electron chi connectivity index (χ0n) is 19.9. The summed E-state index contributed by atoms with van der Waals surface area (Å²) in [5, 5.41) is 4.10. The number of nitrogens with zero attached hydrogens (tertiary/aromatic N) is 4. The number of aromatic nitrogens is 3. The largest absolute Gasteiger partial charge is 0.381 e. The van der Waals surface area contributed by atoms with Gasteiger partial charge in [-0.15, -0.1) is 0 Å². The Morgan fingerprint density at radius 2 is 1.92 bits per heavy atom. The molecule has 0 spiro atoms. The molecule has 2 aromatic heterocycles. The van der Waals surface area contributed by atoms with Gasteiger partial charge >= 0.3 is 0 Å². The van der Waals surface area contributed by atoms with Crippen LogP contribution in [0.4, 0.5) is 14.5 Å². The van der Waals surface area contributed by atoms with Crippen LogP contribution >= 0.6 is 0 Å². The van der Waals surface area contributed by atoms with Crippen molar-refractivity contribution in [1.82, 2.24) is 19.0 Å². The normalized spacial score (nSPS) is 19.8. The Morgan fingerprint density at radius 1 is 1.08 bits per heavy atom. The zero-order chi connectivity index (χ0) is 24.6. The minimum Gasteiger partial charge on any atom is -0.381 e. The average molecular weight is 491 g/mol. The molecule has 1 aliphatic carbocycles. The number of carbonyl (C=O) groups is 1. The monoisotopic (exact) mass is 490 g/mol. The maximum Gasteiger partial charge on any atom is 0.254 e. The molecule has 7 nitrogen and oxygen atoms in total. The minimum absolute atomic E-state index is 0.0109. The van der Waals surface area contributed by atoms with E-state index in [1.54, 1.807) is 0 Å². The maximum atomic E-state index is 14.2. The summed E-state index contributed by atoms with van der Waals surface area (Å²) in [5.74, 6) is -0.420. The van der Waals surface area contributed by atoms with Crippen LogP contribution < -0.4 is 11.1 Å². The first-order valence-corrected chi connectivity index (χ1v) is 12.8. The molecule has 1 saturated heterocycles. The Kier molecular flexibility index (Phi) is 4.86. The maximum absolute atomic E-state index is 14.2. The topological polar surface area (TPSA) is 81.1 Å². The van der Waals surface area contributed by atoms with Crippen molar-refractivity contribution in [3.05, 3.63) is 47.5 Å². The van der Waals surface area contributed by atoms with Gasteiger partial charge in [0.25, 0.3) is 5.91 Å². The fraction of sp³-hybridized carbons (Fsp3) is 0.407. The van der Waals surface area contributed by atoms with Crippen molar-refractivity contribution >= 4 is 33.5 Å². The molecule has 1 unspecified atom stereocenters. The Hall–Kier alpha value is -3.46. The molecular weight excluding hydrogens is 462 g/mol. The van der Waals surface area contributed by atoms with E-state index in [4.69, 9.17) is 10.7 Å². The van der Waals surface area contributed by atoms with Gasteiger partial charge in [-0.05, 0) is 55.9 Å². The molecule has 2 fully saturated rings. The molecule has 1 saturated carbocycles. The predicted octanol–water partition coefficient (Wildman–Crippen LogP) is 4.34. The van der Waals surface area contributed by atoms with Crippen molar-refractivity contribution in [3.63, 3.8) is 0 Å². The number of halogens is 2. The molecule has 3 N–H and O–H groups in total. The van der Waals surface area contributed by atoms with E-state index in [2.05, 4.69) is 14.5 Å². The molecule has 7 rings (SSSR count). The number of amides is 1. The van der Waals surface area contributed by atoms with Gasteiger partial charge in [-0.25, -0.2) is 13.8 Å². The minimum atomic E-state index is -0.848. The highest BCUT2D eigenvalue weighted by atomic mass is 19.2. The predicted molar refractivity (Wildman–Crippen MR) is 135 cm³/mol. The Balaban J connectivity index is 1.38. The molecule has 1 atom stereocenters. The molecule has 0 bridgehead atoms. The summed E-state index contributed by atoms with van der Waals surface area (Å²) < 4.78 is 32.5. The van der Waals surface area contributed by atoms with E-state index in [-0.39, 0.29) is 11.9 Å². The van der Waals surface area contributed by atoms with Gasteiger partial charge in [0.2, 0.25) is 0 Å². The fourth-order valence-corrected chi connectivity index (χ4v) is 5.82. The van der Waals surface area contributed by atoms with Gasteiger partial charge in [-0.2, -0.15) is 0 Å². The number of piperidine rings is 1. The lowest BCUT2D eigenvalue weighted by Crippen LogP contribution is -2.45. The van der Waals surface area contributed by atoms with Gasteiger partial charge in [0, 0.05) is 55.8 Å². The van der Waals surface area contributed by atoms with Crippen molar-refractivity contribution in [1.29, 1.82) is 0 Å². The van der Waals surface area contributed by atoms with Gasteiger partial charge in [0.1, 0.15) is 0 Å². The van der Waals surface area contributed by atoms with Crippen LogP contribution in [-0.2, 0) is 13.1 Å². The third kappa shape index (κ3) is 3.48. The van der Waals surface area contributed by atoms with Crippen molar-refractivity contribution in [2.24, 2.45) is 11.7 Å². The van der Waals surface area contributed by atoms with Crippen LogP contribution in [0.15, 0.2) is 30.3 Å². The molecule has 4 aromatic rings. The van der Waals surface area contributed by atoms with E-state index >= 15 is 0 Å². The van der Waals surface area contributed by atoms with Gasteiger partial charge in [0.05, 0.1) is 27.9 Å². The highest BCUT2D eigenvalue weighted by Crippen LogP contribution is 2.39. The smallest absolute Gasteiger partial charge is 0.254 e.